The summed E-state index contributed by atoms with van der Waals surface area (Å²) in [5.74, 6) is 2.17. The number of nitrogens with zero attached hydrogens (tertiary/aromatic N) is 2. The van der Waals surface area contributed by atoms with Gasteiger partial charge in [0.2, 0.25) is 0 Å². The van der Waals surface area contributed by atoms with E-state index in [1.165, 1.54) is 6.42 Å². The van der Waals surface area contributed by atoms with Gasteiger partial charge in [-0.15, -0.1) is 0 Å². The van der Waals surface area contributed by atoms with Crippen LogP contribution in [0.5, 0.6) is 0 Å². The van der Waals surface area contributed by atoms with Crippen molar-refractivity contribution < 1.29 is 0 Å². The highest BCUT2D eigenvalue weighted by molar-refractivity contribution is 7.97. The Hall–Kier alpha value is -0.220. The molecule has 0 bridgehead atoms. The molecule has 0 aromatic carbocycles. The van der Waals surface area contributed by atoms with E-state index in [0.717, 1.165) is 24.7 Å². The number of nitrogens with one attached hydrogen (secondary N) is 1. The first kappa shape index (κ1) is 12.8. The monoisotopic (exact) mass is 203 g/mol. The number of hydrogen-bond acceptors (Lipinski definition) is 3. The van der Waals surface area contributed by atoms with Gasteiger partial charge in [-0.25, -0.2) is 0 Å². The summed E-state index contributed by atoms with van der Waals surface area (Å²) >= 11 is 1.73. The fourth-order valence-corrected chi connectivity index (χ4v) is 1.29. The SMILES string of the molecule is CCCSN/C(C)=N/CCN(C)C. The van der Waals surface area contributed by atoms with E-state index in [1.807, 2.05) is 6.92 Å². The number of amidine groups is 1. The van der Waals surface area contributed by atoms with Crippen molar-refractivity contribution in [1.29, 1.82) is 0 Å². The van der Waals surface area contributed by atoms with Crippen molar-refractivity contribution in [3.05, 3.63) is 0 Å². The van der Waals surface area contributed by atoms with E-state index >= 15 is 0 Å². The quantitative estimate of drug-likeness (QED) is 0.308. The molecule has 4 heteroatoms. The van der Waals surface area contributed by atoms with Crippen molar-refractivity contribution in [1.82, 2.24) is 9.62 Å². The third-order valence-corrected chi connectivity index (χ3v) is 2.47. The lowest BCUT2D eigenvalue weighted by Crippen LogP contribution is -2.18. The first-order chi connectivity index (χ1) is 6.16. The summed E-state index contributed by atoms with van der Waals surface area (Å²) in [5, 5.41) is 0. The van der Waals surface area contributed by atoms with Crippen LogP contribution in [0.3, 0.4) is 0 Å². The summed E-state index contributed by atoms with van der Waals surface area (Å²) in [7, 11) is 4.12. The van der Waals surface area contributed by atoms with Crippen LogP contribution in [0, 0.1) is 0 Å². The molecule has 0 aliphatic carbocycles. The van der Waals surface area contributed by atoms with Crippen molar-refractivity contribution in [2.75, 3.05) is 32.9 Å². The zero-order valence-corrected chi connectivity index (χ0v) is 9.95. The van der Waals surface area contributed by atoms with E-state index in [4.69, 9.17) is 0 Å². The molecule has 0 aromatic rings. The normalized spacial score (nSPS) is 12.2. The molecule has 0 saturated carbocycles. The molecule has 0 aliphatic rings. The molecule has 0 fully saturated rings. The van der Waals surface area contributed by atoms with Crippen LogP contribution in [0.1, 0.15) is 20.3 Å². The van der Waals surface area contributed by atoms with Gasteiger partial charge < -0.3 is 9.62 Å². The molecule has 1 N–H and O–H groups in total. The van der Waals surface area contributed by atoms with E-state index < -0.39 is 0 Å². The molecule has 0 unspecified atom stereocenters. The van der Waals surface area contributed by atoms with E-state index in [1.54, 1.807) is 11.9 Å². The van der Waals surface area contributed by atoms with Crippen molar-refractivity contribution in [2.24, 2.45) is 4.99 Å². The maximum Gasteiger partial charge on any atom is 0.103 e. The van der Waals surface area contributed by atoms with E-state index in [2.05, 4.69) is 35.6 Å². The van der Waals surface area contributed by atoms with Crippen LogP contribution in [0.2, 0.25) is 0 Å². The molecule has 3 nitrogen and oxygen atoms in total. The molecule has 0 rings (SSSR count). The van der Waals surface area contributed by atoms with Gasteiger partial charge in [-0.3, -0.25) is 4.99 Å². The maximum atomic E-state index is 4.38. The van der Waals surface area contributed by atoms with Crippen molar-refractivity contribution >= 4 is 17.8 Å². The van der Waals surface area contributed by atoms with Crippen molar-refractivity contribution in [3.63, 3.8) is 0 Å². The Morgan fingerprint density at radius 3 is 2.69 bits per heavy atom. The average Bonchev–Trinajstić information content (AvgIpc) is 2.04. The number of aliphatic imine (C=N–C) groups is 1. The summed E-state index contributed by atoms with van der Waals surface area (Å²) in [6.07, 6.45) is 1.20. The molecule has 0 aliphatic heterocycles. The Morgan fingerprint density at radius 1 is 1.46 bits per heavy atom. The van der Waals surface area contributed by atoms with Crippen LogP contribution in [0.15, 0.2) is 4.99 Å². The molecule has 0 amide bonds. The first-order valence-corrected chi connectivity index (χ1v) is 5.69. The van der Waals surface area contributed by atoms with Crippen LogP contribution in [-0.2, 0) is 0 Å². The maximum absolute atomic E-state index is 4.38. The minimum Gasteiger partial charge on any atom is -0.318 e. The van der Waals surface area contributed by atoms with Gasteiger partial charge in [0.15, 0.2) is 0 Å². The van der Waals surface area contributed by atoms with Crippen LogP contribution < -0.4 is 4.72 Å². The number of hydrogen-bond donors (Lipinski definition) is 1. The highest BCUT2D eigenvalue weighted by Crippen LogP contribution is 1.95. The summed E-state index contributed by atoms with van der Waals surface area (Å²) in [4.78, 5) is 6.51. The third kappa shape index (κ3) is 9.70. The predicted octanol–water partition coefficient (Wildman–Crippen LogP) is 1.61. The zero-order valence-electron chi connectivity index (χ0n) is 9.13. The minimum absolute atomic E-state index is 0.874. The van der Waals surface area contributed by atoms with Gasteiger partial charge in [0.05, 0.1) is 6.54 Å². The average molecular weight is 203 g/mol. The standard InChI is InChI=1S/C9H21N3S/c1-5-8-13-11-9(2)10-6-7-12(3)4/h5-8H2,1-4H3,(H,10,11). The summed E-state index contributed by atoms with van der Waals surface area (Å²) in [5.41, 5.74) is 0. The molecule has 0 spiro atoms. The second kappa shape index (κ2) is 8.38. The van der Waals surface area contributed by atoms with Crippen LogP contribution in [0.4, 0.5) is 0 Å². The fraction of sp³-hybridized carbons (Fsp3) is 0.889. The van der Waals surface area contributed by atoms with E-state index in [9.17, 15) is 0 Å². The Labute approximate surface area is 86.1 Å². The van der Waals surface area contributed by atoms with Crippen molar-refractivity contribution in [3.8, 4) is 0 Å². The molecule has 0 saturated heterocycles. The first-order valence-electron chi connectivity index (χ1n) is 4.70. The molecule has 0 atom stereocenters. The second-order valence-corrected chi connectivity index (χ2v) is 4.12. The highest BCUT2D eigenvalue weighted by atomic mass is 32.2. The lowest BCUT2D eigenvalue weighted by atomic mass is 10.6. The molecule has 0 radical (unpaired) electrons. The van der Waals surface area contributed by atoms with Crippen LogP contribution in [0.25, 0.3) is 0 Å². The Bertz CT molecular complexity index is 146. The lowest BCUT2D eigenvalue weighted by molar-refractivity contribution is 0.420. The Morgan fingerprint density at radius 2 is 2.15 bits per heavy atom. The van der Waals surface area contributed by atoms with Gasteiger partial charge in [-0.1, -0.05) is 18.9 Å². The minimum atomic E-state index is 0.874. The second-order valence-electron chi connectivity index (χ2n) is 3.22. The van der Waals surface area contributed by atoms with Crippen LogP contribution in [-0.4, -0.2) is 43.7 Å². The number of rotatable bonds is 6. The molecule has 78 valence electrons. The summed E-state index contributed by atoms with van der Waals surface area (Å²) in [6, 6.07) is 0. The van der Waals surface area contributed by atoms with Gasteiger partial charge in [0.1, 0.15) is 5.84 Å². The topological polar surface area (TPSA) is 27.6 Å². The summed E-state index contributed by atoms with van der Waals surface area (Å²) in [6.45, 7) is 6.07. The molecular weight excluding hydrogens is 182 g/mol. The molecule has 0 heterocycles. The zero-order chi connectivity index (χ0) is 10.1. The van der Waals surface area contributed by atoms with Crippen LogP contribution >= 0.6 is 11.9 Å². The molecular formula is C9H21N3S. The van der Waals surface area contributed by atoms with Gasteiger partial charge in [0.25, 0.3) is 0 Å². The summed E-state index contributed by atoms with van der Waals surface area (Å²) < 4.78 is 3.21. The van der Waals surface area contributed by atoms with E-state index in [0.29, 0.717) is 0 Å². The molecule has 13 heavy (non-hydrogen) atoms. The largest absolute Gasteiger partial charge is 0.318 e. The van der Waals surface area contributed by atoms with Gasteiger partial charge in [-0.05, 0) is 27.4 Å². The Balaban J connectivity index is 3.39. The third-order valence-electron chi connectivity index (χ3n) is 1.42. The lowest BCUT2D eigenvalue weighted by Gasteiger charge is -2.07. The van der Waals surface area contributed by atoms with Gasteiger partial charge in [0, 0.05) is 12.3 Å². The highest BCUT2D eigenvalue weighted by Gasteiger charge is 1.90. The van der Waals surface area contributed by atoms with Gasteiger partial charge >= 0.3 is 0 Å². The van der Waals surface area contributed by atoms with E-state index in [-0.39, 0.29) is 0 Å². The number of likely N-dealkylation sites (N-methyl/N-ethyl adjacent to an activating group) is 1. The molecule has 0 aromatic heterocycles. The predicted molar refractivity (Wildman–Crippen MR) is 62.4 cm³/mol. The van der Waals surface area contributed by atoms with Crippen molar-refractivity contribution in [2.45, 2.75) is 20.3 Å². The van der Waals surface area contributed by atoms with Gasteiger partial charge in [-0.2, -0.15) is 0 Å². The Kier molecular flexibility index (Phi) is 8.24. The smallest absolute Gasteiger partial charge is 0.103 e. The fourth-order valence-electron chi connectivity index (χ4n) is 0.708.